The number of anilines is 1. The van der Waals surface area contributed by atoms with Gasteiger partial charge < -0.3 is 10.6 Å². The third-order valence-corrected chi connectivity index (χ3v) is 4.62. The number of hydrogen-bond donors (Lipinski definition) is 3. The molecule has 1 aliphatic heterocycles. The van der Waals surface area contributed by atoms with Crippen molar-refractivity contribution >= 4 is 17.5 Å². The first-order valence-electron chi connectivity index (χ1n) is 9.24. The van der Waals surface area contributed by atoms with Gasteiger partial charge in [-0.3, -0.25) is 19.6 Å². The van der Waals surface area contributed by atoms with Gasteiger partial charge in [0.05, 0.1) is 6.54 Å². The lowest BCUT2D eigenvalue weighted by Crippen LogP contribution is -2.42. The zero-order valence-corrected chi connectivity index (χ0v) is 15.8. The Hall–Kier alpha value is -2.74. The minimum absolute atomic E-state index is 0.00718. The fourth-order valence-electron chi connectivity index (χ4n) is 3.32. The van der Waals surface area contributed by atoms with Gasteiger partial charge in [-0.15, -0.1) is 0 Å². The molecule has 0 saturated carbocycles. The molecule has 1 unspecified atom stereocenters. The Labute approximate surface area is 158 Å². The number of carbonyl (C=O) groups excluding carboxylic acids is 2. The van der Waals surface area contributed by atoms with Crippen molar-refractivity contribution in [2.75, 3.05) is 25.0 Å². The molecule has 1 saturated heterocycles. The van der Waals surface area contributed by atoms with Crippen molar-refractivity contribution in [1.29, 1.82) is 0 Å². The van der Waals surface area contributed by atoms with Crippen molar-refractivity contribution < 1.29 is 9.59 Å². The molecule has 1 aliphatic rings. The third-order valence-electron chi connectivity index (χ3n) is 4.62. The molecule has 0 spiro atoms. The highest BCUT2D eigenvalue weighted by atomic mass is 16.2. The van der Waals surface area contributed by atoms with E-state index in [0.29, 0.717) is 13.1 Å². The molecular weight excluding hydrogens is 344 g/mol. The fourth-order valence-corrected chi connectivity index (χ4v) is 3.32. The van der Waals surface area contributed by atoms with Crippen LogP contribution >= 0.6 is 0 Å². The van der Waals surface area contributed by atoms with Crippen molar-refractivity contribution in [3.63, 3.8) is 0 Å². The summed E-state index contributed by atoms with van der Waals surface area (Å²) in [5.74, 6) is 1.85. The van der Waals surface area contributed by atoms with Gasteiger partial charge >= 0.3 is 0 Å². The van der Waals surface area contributed by atoms with Gasteiger partial charge in [-0.1, -0.05) is 12.1 Å². The van der Waals surface area contributed by atoms with Gasteiger partial charge in [0.2, 0.25) is 11.8 Å². The Morgan fingerprint density at radius 1 is 1.30 bits per heavy atom. The minimum atomic E-state index is -0.101. The molecule has 144 valence electrons. The average molecular weight is 370 g/mol. The number of aryl methyl sites for hydroxylation is 1. The number of aromatic nitrogens is 3. The molecule has 1 fully saturated rings. The van der Waals surface area contributed by atoms with Gasteiger partial charge in [0.15, 0.2) is 5.82 Å². The Bertz CT molecular complexity index is 786. The number of nitrogens with zero attached hydrogens (tertiary/aromatic N) is 3. The van der Waals surface area contributed by atoms with Crippen LogP contribution in [0, 0.1) is 6.92 Å². The standard InChI is InChI=1S/C19H26N6O2/c1-13-21-19(24-23-13)16-4-3-9-25(11-16)12-18(27)20-10-15-5-7-17(8-6-15)22-14(2)26/h5-8,16H,3-4,9-12H2,1-2H3,(H,20,27)(H,22,26)(H,21,23,24). The molecule has 1 aromatic carbocycles. The number of likely N-dealkylation sites (tertiary alicyclic amines) is 1. The molecule has 1 aromatic heterocycles. The van der Waals surface area contributed by atoms with E-state index < -0.39 is 0 Å². The first-order valence-corrected chi connectivity index (χ1v) is 9.24. The number of amides is 2. The van der Waals surface area contributed by atoms with Crippen molar-refractivity contribution in [3.05, 3.63) is 41.5 Å². The van der Waals surface area contributed by atoms with Crippen LogP contribution in [0.1, 0.15) is 42.9 Å². The quantitative estimate of drug-likeness (QED) is 0.716. The normalized spacial score (nSPS) is 17.5. The molecule has 8 nitrogen and oxygen atoms in total. The van der Waals surface area contributed by atoms with E-state index in [1.54, 1.807) is 0 Å². The van der Waals surface area contributed by atoms with Crippen LogP contribution in [-0.4, -0.2) is 51.5 Å². The molecule has 2 heterocycles. The van der Waals surface area contributed by atoms with E-state index in [1.807, 2.05) is 31.2 Å². The summed E-state index contributed by atoms with van der Waals surface area (Å²) in [6.45, 7) is 5.94. The molecule has 0 aliphatic carbocycles. The molecule has 0 radical (unpaired) electrons. The second-order valence-electron chi connectivity index (χ2n) is 7.01. The molecule has 3 rings (SSSR count). The smallest absolute Gasteiger partial charge is 0.234 e. The van der Waals surface area contributed by atoms with E-state index in [2.05, 4.69) is 30.7 Å². The van der Waals surface area contributed by atoms with Gasteiger partial charge in [0, 0.05) is 31.6 Å². The monoisotopic (exact) mass is 370 g/mol. The highest BCUT2D eigenvalue weighted by Gasteiger charge is 2.25. The van der Waals surface area contributed by atoms with Crippen LogP contribution in [0.2, 0.25) is 0 Å². The highest BCUT2D eigenvalue weighted by Crippen LogP contribution is 2.24. The summed E-state index contributed by atoms with van der Waals surface area (Å²) in [6.07, 6.45) is 2.09. The molecule has 2 aromatic rings. The van der Waals surface area contributed by atoms with Crippen LogP contribution in [0.3, 0.4) is 0 Å². The summed E-state index contributed by atoms with van der Waals surface area (Å²) in [4.78, 5) is 29.9. The van der Waals surface area contributed by atoms with Crippen LogP contribution in [0.25, 0.3) is 0 Å². The van der Waals surface area contributed by atoms with Crippen LogP contribution in [0.4, 0.5) is 5.69 Å². The van der Waals surface area contributed by atoms with E-state index in [4.69, 9.17) is 0 Å². The predicted molar refractivity (Wildman–Crippen MR) is 102 cm³/mol. The Morgan fingerprint density at radius 2 is 2.07 bits per heavy atom. The summed E-state index contributed by atoms with van der Waals surface area (Å²) in [5.41, 5.74) is 1.74. The lowest BCUT2D eigenvalue weighted by molar-refractivity contribution is -0.122. The first kappa shape index (κ1) is 19.0. The molecule has 27 heavy (non-hydrogen) atoms. The van der Waals surface area contributed by atoms with E-state index in [9.17, 15) is 9.59 Å². The number of benzene rings is 1. The lowest BCUT2D eigenvalue weighted by Gasteiger charge is -2.30. The predicted octanol–water partition coefficient (Wildman–Crippen LogP) is 1.57. The van der Waals surface area contributed by atoms with E-state index in [1.165, 1.54) is 6.92 Å². The van der Waals surface area contributed by atoms with Crippen molar-refractivity contribution in [2.45, 2.75) is 39.2 Å². The SMILES string of the molecule is CC(=O)Nc1ccc(CNC(=O)CN2CCCC(c3n[nH]c(C)n3)C2)cc1. The number of rotatable bonds is 6. The van der Waals surface area contributed by atoms with Gasteiger partial charge in [-0.05, 0) is 44.0 Å². The third kappa shape index (κ3) is 5.62. The largest absolute Gasteiger partial charge is 0.351 e. The summed E-state index contributed by atoms with van der Waals surface area (Å²) in [7, 11) is 0. The van der Waals surface area contributed by atoms with Crippen LogP contribution in [0.5, 0.6) is 0 Å². The molecule has 2 amide bonds. The number of carbonyl (C=O) groups is 2. The summed E-state index contributed by atoms with van der Waals surface area (Å²) in [6, 6.07) is 7.45. The Morgan fingerprint density at radius 3 is 2.74 bits per heavy atom. The highest BCUT2D eigenvalue weighted by molar-refractivity contribution is 5.88. The van der Waals surface area contributed by atoms with Crippen molar-refractivity contribution in [3.8, 4) is 0 Å². The summed E-state index contributed by atoms with van der Waals surface area (Å²) >= 11 is 0. The zero-order valence-electron chi connectivity index (χ0n) is 15.8. The Kier molecular flexibility index (Phi) is 6.18. The number of aromatic amines is 1. The van der Waals surface area contributed by atoms with Crippen molar-refractivity contribution in [2.24, 2.45) is 0 Å². The summed E-state index contributed by atoms with van der Waals surface area (Å²) in [5, 5.41) is 12.8. The molecule has 1 atom stereocenters. The van der Waals surface area contributed by atoms with Gasteiger partial charge in [0.1, 0.15) is 5.82 Å². The van der Waals surface area contributed by atoms with Crippen LogP contribution in [0.15, 0.2) is 24.3 Å². The van der Waals surface area contributed by atoms with Gasteiger partial charge in [-0.2, -0.15) is 5.10 Å². The topological polar surface area (TPSA) is 103 Å². The molecule has 0 bridgehead atoms. The first-order chi connectivity index (χ1) is 13.0. The Balaban J connectivity index is 1.45. The molecule has 8 heteroatoms. The number of piperidine rings is 1. The van der Waals surface area contributed by atoms with E-state index >= 15 is 0 Å². The average Bonchev–Trinajstić information content (AvgIpc) is 3.07. The second kappa shape index (κ2) is 8.77. The summed E-state index contributed by atoms with van der Waals surface area (Å²) < 4.78 is 0. The van der Waals surface area contributed by atoms with Crippen LogP contribution in [-0.2, 0) is 16.1 Å². The van der Waals surface area contributed by atoms with Crippen LogP contribution < -0.4 is 10.6 Å². The van der Waals surface area contributed by atoms with Gasteiger partial charge in [-0.25, -0.2) is 4.98 Å². The molecular formula is C19H26N6O2. The maximum atomic E-state index is 12.3. The number of H-pyrrole nitrogens is 1. The zero-order chi connectivity index (χ0) is 19.2. The maximum absolute atomic E-state index is 12.3. The van der Waals surface area contributed by atoms with E-state index in [-0.39, 0.29) is 17.7 Å². The lowest BCUT2D eigenvalue weighted by atomic mass is 9.97. The fraction of sp³-hybridized carbons (Fsp3) is 0.474. The number of hydrogen-bond acceptors (Lipinski definition) is 5. The second-order valence-corrected chi connectivity index (χ2v) is 7.01. The van der Waals surface area contributed by atoms with E-state index in [0.717, 1.165) is 48.8 Å². The minimum Gasteiger partial charge on any atom is -0.351 e. The number of nitrogens with one attached hydrogen (secondary N) is 3. The maximum Gasteiger partial charge on any atom is 0.234 e. The molecule has 3 N–H and O–H groups in total. The van der Waals surface area contributed by atoms with Crippen molar-refractivity contribution in [1.82, 2.24) is 25.4 Å². The van der Waals surface area contributed by atoms with Gasteiger partial charge in [0.25, 0.3) is 0 Å².